The van der Waals surface area contributed by atoms with Crippen LogP contribution >= 0.6 is 0 Å². The normalized spacial score (nSPS) is 32.2. The Balaban J connectivity index is 1.18. The van der Waals surface area contributed by atoms with Crippen LogP contribution in [0.5, 0.6) is 0 Å². The molecular formula is C32H40N4O2. The van der Waals surface area contributed by atoms with E-state index < -0.39 is 0 Å². The third-order valence-electron chi connectivity index (χ3n) is 11.1. The van der Waals surface area contributed by atoms with E-state index in [9.17, 15) is 9.59 Å². The summed E-state index contributed by atoms with van der Waals surface area (Å²) >= 11 is 0. The maximum Gasteiger partial charge on any atom is 0.278 e. The van der Waals surface area contributed by atoms with Gasteiger partial charge in [-0.25, -0.2) is 4.98 Å². The van der Waals surface area contributed by atoms with Crippen molar-refractivity contribution >= 4 is 11.0 Å². The zero-order valence-electron chi connectivity index (χ0n) is 22.7. The molecule has 0 amide bonds. The van der Waals surface area contributed by atoms with Crippen molar-refractivity contribution in [1.82, 2.24) is 19.4 Å². The quantitative estimate of drug-likeness (QED) is 0.471. The number of piperidine rings is 2. The highest BCUT2D eigenvalue weighted by molar-refractivity contribution is 5.77. The lowest BCUT2D eigenvalue weighted by atomic mass is 9.45. The van der Waals surface area contributed by atoms with Crippen molar-refractivity contribution in [3.05, 3.63) is 63.3 Å². The van der Waals surface area contributed by atoms with Gasteiger partial charge in [0, 0.05) is 24.3 Å². The number of hydrogen-bond donors (Lipinski definition) is 1. The summed E-state index contributed by atoms with van der Waals surface area (Å²) in [7, 11) is 0. The predicted octanol–water partition coefficient (Wildman–Crippen LogP) is 5.77. The van der Waals surface area contributed by atoms with Crippen molar-refractivity contribution < 1.29 is 0 Å². The lowest BCUT2D eigenvalue weighted by Gasteiger charge is -2.60. The number of nitrogens with one attached hydrogen (secondary N) is 1. The summed E-state index contributed by atoms with van der Waals surface area (Å²) in [4.78, 5) is 36.8. The van der Waals surface area contributed by atoms with E-state index in [0.717, 1.165) is 41.6 Å². The molecule has 6 heteroatoms. The largest absolute Gasteiger partial charge is 0.329 e. The van der Waals surface area contributed by atoms with Gasteiger partial charge in [0.2, 0.25) is 0 Å². The number of hydrogen-bond acceptors (Lipinski definition) is 4. The second kappa shape index (κ2) is 9.18. The second-order valence-electron chi connectivity index (χ2n) is 13.1. The van der Waals surface area contributed by atoms with E-state index >= 15 is 0 Å². The molecule has 5 fully saturated rings. The van der Waals surface area contributed by atoms with Crippen LogP contribution in [-0.2, 0) is 0 Å². The van der Waals surface area contributed by atoms with Gasteiger partial charge < -0.3 is 9.55 Å². The van der Waals surface area contributed by atoms with Crippen LogP contribution < -0.4 is 11.1 Å². The van der Waals surface area contributed by atoms with Crippen LogP contribution in [0.2, 0.25) is 0 Å². The van der Waals surface area contributed by atoms with Crippen molar-refractivity contribution in [2.75, 3.05) is 6.54 Å². The number of rotatable bonds is 5. The molecule has 200 valence electrons. The Hall–Kier alpha value is -2.73. The summed E-state index contributed by atoms with van der Waals surface area (Å²) in [5.41, 5.74) is 2.41. The number of fused-ring (bicyclic) bond motifs is 5. The van der Waals surface area contributed by atoms with Crippen LogP contribution in [-0.4, -0.2) is 38.1 Å². The zero-order valence-corrected chi connectivity index (χ0v) is 22.7. The highest BCUT2D eigenvalue weighted by Crippen LogP contribution is 2.62. The first-order chi connectivity index (χ1) is 18.4. The third-order valence-corrected chi connectivity index (χ3v) is 11.1. The number of aromatic amines is 1. The number of aromatic nitrogens is 3. The Kier molecular flexibility index (Phi) is 5.88. The van der Waals surface area contributed by atoms with Crippen LogP contribution in [0.3, 0.4) is 0 Å². The second-order valence-corrected chi connectivity index (χ2v) is 13.1. The van der Waals surface area contributed by atoms with E-state index in [1.54, 1.807) is 18.3 Å². The Labute approximate surface area is 224 Å². The standard InChI is InChI=1S/C32H40N4O2/c1-32(2)21-13-12-20(26(32)17-21)14-16-35-22-7-5-8-23(35)19-24(18-22)36-28-11-4-3-10-27(28)34-29(31(36)38)25-9-6-15-33-30(25)37/h3-4,6,9-11,15,20-24,26H,5,7-8,12-14,16-19H2,1-2H3,(H,33,37)/t20-,21-,22-,23+,24?,26+/m0/s1. The van der Waals surface area contributed by atoms with E-state index in [2.05, 4.69) is 28.7 Å². The van der Waals surface area contributed by atoms with Gasteiger partial charge in [0.25, 0.3) is 11.1 Å². The number of nitrogens with zero attached hydrogens (tertiary/aromatic N) is 3. The number of para-hydroxylation sites is 2. The molecule has 4 bridgehead atoms. The van der Waals surface area contributed by atoms with Crippen LogP contribution in [0, 0.1) is 23.2 Å². The van der Waals surface area contributed by atoms with E-state index in [0.29, 0.717) is 23.1 Å². The maximum absolute atomic E-state index is 14.0. The summed E-state index contributed by atoms with van der Waals surface area (Å²) in [6.45, 7) is 6.22. The van der Waals surface area contributed by atoms with Crippen molar-refractivity contribution in [2.24, 2.45) is 23.2 Å². The summed E-state index contributed by atoms with van der Waals surface area (Å²) in [5.74, 6) is 2.76. The van der Waals surface area contributed by atoms with Crippen molar-refractivity contribution in [2.45, 2.75) is 89.8 Å². The van der Waals surface area contributed by atoms with Gasteiger partial charge in [0.1, 0.15) is 5.69 Å². The minimum absolute atomic E-state index is 0.129. The lowest BCUT2D eigenvalue weighted by Crippen LogP contribution is -2.55. The fourth-order valence-corrected chi connectivity index (χ4v) is 8.95. The summed E-state index contributed by atoms with van der Waals surface area (Å²) in [6.07, 6.45) is 12.9. The van der Waals surface area contributed by atoms with E-state index in [4.69, 9.17) is 0 Å². The molecule has 2 aliphatic heterocycles. The first-order valence-electron chi connectivity index (χ1n) is 14.9. The van der Waals surface area contributed by atoms with E-state index in [1.807, 2.05) is 28.8 Å². The van der Waals surface area contributed by atoms with Gasteiger partial charge in [-0.1, -0.05) is 32.4 Å². The van der Waals surface area contributed by atoms with E-state index in [1.165, 1.54) is 51.5 Å². The zero-order chi connectivity index (χ0) is 26.0. The average molecular weight is 513 g/mol. The van der Waals surface area contributed by atoms with Crippen molar-refractivity contribution in [1.29, 1.82) is 0 Å². The summed E-state index contributed by atoms with van der Waals surface area (Å²) < 4.78 is 1.99. The summed E-state index contributed by atoms with van der Waals surface area (Å²) in [6, 6.07) is 12.6. The minimum atomic E-state index is -0.269. The van der Waals surface area contributed by atoms with Gasteiger partial charge in [0.05, 0.1) is 16.6 Å². The molecule has 1 unspecified atom stereocenters. The molecule has 5 aliphatic rings. The fraction of sp³-hybridized carbons (Fsp3) is 0.594. The molecule has 3 aromatic rings. The number of benzene rings is 1. The highest BCUT2D eigenvalue weighted by atomic mass is 16.1. The Morgan fingerprint density at radius 1 is 0.947 bits per heavy atom. The third kappa shape index (κ3) is 3.82. The molecule has 8 rings (SSSR count). The smallest absolute Gasteiger partial charge is 0.278 e. The van der Waals surface area contributed by atoms with Crippen molar-refractivity contribution in [3.8, 4) is 11.3 Å². The van der Waals surface area contributed by atoms with Crippen LogP contribution in [0.4, 0.5) is 0 Å². The Morgan fingerprint density at radius 2 is 1.74 bits per heavy atom. The molecule has 3 aliphatic carbocycles. The molecular weight excluding hydrogens is 472 g/mol. The predicted molar refractivity (Wildman–Crippen MR) is 151 cm³/mol. The van der Waals surface area contributed by atoms with Gasteiger partial charge in [-0.05, 0) is 105 Å². The molecule has 1 aromatic carbocycles. The topological polar surface area (TPSA) is 71.0 Å². The Morgan fingerprint density at radius 3 is 2.47 bits per heavy atom. The minimum Gasteiger partial charge on any atom is -0.329 e. The average Bonchev–Trinajstić information content (AvgIpc) is 2.91. The van der Waals surface area contributed by atoms with Gasteiger partial charge in [0.15, 0.2) is 0 Å². The molecule has 3 saturated carbocycles. The first kappa shape index (κ1) is 24.3. The van der Waals surface area contributed by atoms with Gasteiger partial charge in [-0.2, -0.15) is 0 Å². The van der Waals surface area contributed by atoms with E-state index in [-0.39, 0.29) is 22.9 Å². The molecule has 0 spiro atoms. The van der Waals surface area contributed by atoms with Crippen LogP contribution in [0.25, 0.3) is 22.3 Å². The van der Waals surface area contributed by atoms with Crippen LogP contribution in [0.1, 0.15) is 77.7 Å². The Bertz CT molecular complexity index is 1460. The van der Waals surface area contributed by atoms with Gasteiger partial charge >= 0.3 is 0 Å². The molecule has 1 N–H and O–H groups in total. The summed E-state index contributed by atoms with van der Waals surface area (Å²) in [5, 5.41) is 0. The molecule has 2 aromatic heterocycles. The van der Waals surface area contributed by atoms with Crippen molar-refractivity contribution in [3.63, 3.8) is 0 Å². The fourth-order valence-electron chi connectivity index (χ4n) is 8.95. The van der Waals surface area contributed by atoms with Gasteiger partial charge in [-0.15, -0.1) is 0 Å². The molecule has 2 saturated heterocycles. The lowest BCUT2D eigenvalue weighted by molar-refractivity contribution is -0.111. The molecule has 0 radical (unpaired) electrons. The molecule has 6 nitrogen and oxygen atoms in total. The SMILES string of the molecule is CC1(C)[C@H]2CC[C@@H](CCN3[C@@H]4CCC[C@H]3CC(n3c(=O)c(-c5ccc[nH]c5=O)nc5ccccc53)C4)[C@H]1C2. The highest BCUT2D eigenvalue weighted by Gasteiger charge is 2.54. The molecule has 6 atom stereocenters. The molecule has 4 heterocycles. The maximum atomic E-state index is 14.0. The number of pyridine rings is 1. The number of H-pyrrole nitrogens is 1. The van der Waals surface area contributed by atoms with Gasteiger partial charge in [-0.3, -0.25) is 14.5 Å². The monoisotopic (exact) mass is 512 g/mol. The first-order valence-corrected chi connectivity index (χ1v) is 14.9. The molecule has 38 heavy (non-hydrogen) atoms. The van der Waals surface area contributed by atoms with Crippen LogP contribution in [0.15, 0.2) is 52.2 Å².